The van der Waals surface area contributed by atoms with Crippen molar-refractivity contribution in [1.29, 1.82) is 0 Å². The summed E-state index contributed by atoms with van der Waals surface area (Å²) in [5, 5.41) is 0. The van der Waals surface area contributed by atoms with Gasteiger partial charge < -0.3 is 4.74 Å². The molecule has 0 saturated carbocycles. The molecule has 0 aliphatic carbocycles. The molecular formula is C24H37NO2. The molecule has 0 saturated heterocycles. The number of rotatable bonds is 3. The van der Waals surface area contributed by atoms with Crippen LogP contribution in [0, 0.1) is 5.92 Å². The molecule has 1 heterocycles. The molecular weight excluding hydrogens is 334 g/mol. The molecule has 3 heteroatoms. The average molecular weight is 372 g/mol. The molecule has 0 radical (unpaired) electrons. The van der Waals surface area contributed by atoms with Gasteiger partial charge in [-0.05, 0) is 43.9 Å². The van der Waals surface area contributed by atoms with Crippen molar-refractivity contribution in [2.75, 3.05) is 6.54 Å². The predicted molar refractivity (Wildman–Crippen MR) is 113 cm³/mol. The minimum Gasteiger partial charge on any atom is -0.461 e. The van der Waals surface area contributed by atoms with Gasteiger partial charge in [-0.15, -0.1) is 0 Å². The zero-order valence-corrected chi connectivity index (χ0v) is 16.9. The number of benzene rings is 1. The quantitative estimate of drug-likeness (QED) is 0.569. The Balaban J connectivity index is 1.79. The molecule has 0 aromatic heterocycles. The standard InChI is InChI=1S/C24H37NO2/c26-24(27-21-22-15-9-8-10-16-22)23-17-11-6-4-2-1-3-5-7-13-19-25-20-14-12-18-23/h8-10,15-16,19,23H,1-7,11-14,17-18,20-21H2. The maximum absolute atomic E-state index is 12.6. The molecule has 1 aromatic carbocycles. The molecule has 3 nitrogen and oxygen atoms in total. The highest BCUT2D eigenvalue weighted by Crippen LogP contribution is 2.20. The molecule has 27 heavy (non-hydrogen) atoms. The van der Waals surface area contributed by atoms with E-state index in [1.165, 1.54) is 44.9 Å². The number of hydrogen-bond donors (Lipinski definition) is 0. The van der Waals surface area contributed by atoms with Gasteiger partial charge in [0.15, 0.2) is 0 Å². The van der Waals surface area contributed by atoms with E-state index in [0.29, 0.717) is 6.61 Å². The first-order chi connectivity index (χ1) is 13.4. The van der Waals surface area contributed by atoms with Crippen LogP contribution >= 0.6 is 0 Å². The van der Waals surface area contributed by atoms with Crippen molar-refractivity contribution >= 4 is 12.2 Å². The van der Waals surface area contributed by atoms with Gasteiger partial charge in [-0.1, -0.05) is 81.7 Å². The average Bonchev–Trinajstić information content (AvgIpc) is 2.70. The summed E-state index contributed by atoms with van der Waals surface area (Å²) in [5.74, 6) is 0.0358. The third-order valence-corrected chi connectivity index (χ3v) is 5.41. The summed E-state index contributed by atoms with van der Waals surface area (Å²) in [4.78, 5) is 17.1. The van der Waals surface area contributed by atoms with Gasteiger partial charge in [0.1, 0.15) is 6.61 Å². The first-order valence-electron chi connectivity index (χ1n) is 11.0. The largest absolute Gasteiger partial charge is 0.461 e. The van der Waals surface area contributed by atoms with Crippen LogP contribution in [0.3, 0.4) is 0 Å². The maximum Gasteiger partial charge on any atom is 0.309 e. The number of ether oxygens (including phenoxy) is 1. The van der Waals surface area contributed by atoms with Crippen LogP contribution in [-0.4, -0.2) is 18.7 Å². The number of nitrogens with zero attached hydrogens (tertiary/aromatic N) is 1. The van der Waals surface area contributed by atoms with E-state index in [9.17, 15) is 4.79 Å². The van der Waals surface area contributed by atoms with Crippen molar-refractivity contribution < 1.29 is 9.53 Å². The van der Waals surface area contributed by atoms with Gasteiger partial charge in [-0.3, -0.25) is 9.79 Å². The number of aliphatic imine (C=N–C) groups is 1. The minimum atomic E-state index is -0.0136. The summed E-state index contributed by atoms with van der Waals surface area (Å²) in [6, 6.07) is 9.97. The Morgan fingerprint density at radius 1 is 0.852 bits per heavy atom. The SMILES string of the molecule is O=C(OCc1ccccc1)C1CCCCCCCCCCC=NCCCC1. The summed E-state index contributed by atoms with van der Waals surface area (Å²) in [6.45, 7) is 1.28. The van der Waals surface area contributed by atoms with E-state index >= 15 is 0 Å². The Bertz CT molecular complexity index is 526. The van der Waals surface area contributed by atoms with Gasteiger partial charge in [0.25, 0.3) is 0 Å². The van der Waals surface area contributed by atoms with E-state index in [0.717, 1.165) is 50.6 Å². The third kappa shape index (κ3) is 10.3. The highest BCUT2D eigenvalue weighted by atomic mass is 16.5. The fourth-order valence-corrected chi connectivity index (χ4v) is 3.69. The Labute approximate surface area is 165 Å². The maximum atomic E-state index is 12.6. The van der Waals surface area contributed by atoms with Gasteiger partial charge >= 0.3 is 5.97 Å². The van der Waals surface area contributed by atoms with Crippen LogP contribution in [0.4, 0.5) is 0 Å². The van der Waals surface area contributed by atoms with Crippen molar-refractivity contribution in [2.24, 2.45) is 10.9 Å². The first-order valence-corrected chi connectivity index (χ1v) is 11.0. The number of carbonyl (C=O) groups excluding carboxylic acids is 1. The monoisotopic (exact) mass is 371 g/mol. The number of hydrogen-bond acceptors (Lipinski definition) is 3. The Morgan fingerprint density at radius 2 is 1.48 bits per heavy atom. The lowest BCUT2D eigenvalue weighted by Crippen LogP contribution is -2.18. The van der Waals surface area contributed by atoms with Gasteiger partial charge in [0.05, 0.1) is 5.92 Å². The van der Waals surface area contributed by atoms with E-state index in [1.807, 2.05) is 30.3 Å². The van der Waals surface area contributed by atoms with Crippen LogP contribution in [0.5, 0.6) is 0 Å². The molecule has 0 amide bonds. The molecule has 0 bridgehead atoms. The van der Waals surface area contributed by atoms with Crippen molar-refractivity contribution in [1.82, 2.24) is 0 Å². The summed E-state index contributed by atoms with van der Waals surface area (Å²) in [6.07, 6.45) is 17.6. The van der Waals surface area contributed by atoms with Crippen LogP contribution in [-0.2, 0) is 16.1 Å². The van der Waals surface area contributed by atoms with Crippen molar-refractivity contribution in [2.45, 2.75) is 90.1 Å². The van der Waals surface area contributed by atoms with E-state index in [1.54, 1.807) is 0 Å². The third-order valence-electron chi connectivity index (χ3n) is 5.41. The lowest BCUT2D eigenvalue weighted by molar-refractivity contribution is -0.150. The first kappa shape index (κ1) is 21.7. The Hall–Kier alpha value is -1.64. The fourth-order valence-electron chi connectivity index (χ4n) is 3.69. The zero-order chi connectivity index (χ0) is 19.0. The number of esters is 1. The van der Waals surface area contributed by atoms with E-state index < -0.39 is 0 Å². The van der Waals surface area contributed by atoms with Gasteiger partial charge in [-0.2, -0.15) is 0 Å². The lowest BCUT2D eigenvalue weighted by atomic mass is 9.95. The molecule has 1 aliphatic rings. The van der Waals surface area contributed by atoms with Gasteiger partial charge in [0, 0.05) is 6.54 Å². The molecule has 0 fully saturated rings. The molecule has 1 aliphatic heterocycles. The highest BCUT2D eigenvalue weighted by Gasteiger charge is 2.19. The minimum absolute atomic E-state index is 0.0136. The second-order valence-electron chi connectivity index (χ2n) is 7.78. The Morgan fingerprint density at radius 3 is 2.22 bits per heavy atom. The second kappa shape index (κ2) is 14.4. The van der Waals surface area contributed by atoms with Crippen molar-refractivity contribution in [3.05, 3.63) is 35.9 Å². The van der Waals surface area contributed by atoms with Crippen LogP contribution in [0.15, 0.2) is 35.3 Å². The molecule has 0 spiro atoms. The van der Waals surface area contributed by atoms with Crippen LogP contribution in [0.25, 0.3) is 0 Å². The van der Waals surface area contributed by atoms with Crippen LogP contribution in [0.1, 0.15) is 89.0 Å². The molecule has 2 rings (SSSR count). The van der Waals surface area contributed by atoms with Gasteiger partial charge in [0.2, 0.25) is 0 Å². The summed E-state index contributed by atoms with van der Waals surface area (Å²) in [7, 11) is 0. The van der Waals surface area contributed by atoms with Crippen LogP contribution in [0.2, 0.25) is 0 Å². The molecule has 150 valence electrons. The summed E-state index contributed by atoms with van der Waals surface area (Å²) >= 11 is 0. The fraction of sp³-hybridized carbons (Fsp3) is 0.667. The smallest absolute Gasteiger partial charge is 0.309 e. The summed E-state index contributed by atoms with van der Waals surface area (Å²) < 4.78 is 5.62. The lowest BCUT2D eigenvalue weighted by Gasteiger charge is -2.16. The van der Waals surface area contributed by atoms with E-state index in [2.05, 4.69) is 11.2 Å². The molecule has 1 unspecified atom stereocenters. The molecule has 0 N–H and O–H groups in total. The normalized spacial score (nSPS) is 21.3. The van der Waals surface area contributed by atoms with Crippen LogP contribution < -0.4 is 0 Å². The Kier molecular flexibility index (Phi) is 11.6. The van der Waals surface area contributed by atoms with Crippen molar-refractivity contribution in [3.63, 3.8) is 0 Å². The molecule has 1 atom stereocenters. The topological polar surface area (TPSA) is 38.7 Å². The van der Waals surface area contributed by atoms with E-state index in [-0.39, 0.29) is 11.9 Å². The summed E-state index contributed by atoms with van der Waals surface area (Å²) in [5.41, 5.74) is 1.06. The second-order valence-corrected chi connectivity index (χ2v) is 7.78. The zero-order valence-electron chi connectivity index (χ0n) is 16.9. The highest BCUT2D eigenvalue weighted by molar-refractivity contribution is 5.72. The number of carbonyl (C=O) groups is 1. The predicted octanol–water partition coefficient (Wildman–Crippen LogP) is 6.50. The van der Waals surface area contributed by atoms with Crippen molar-refractivity contribution in [3.8, 4) is 0 Å². The molecule has 1 aromatic rings. The van der Waals surface area contributed by atoms with Gasteiger partial charge in [-0.25, -0.2) is 0 Å². The van der Waals surface area contributed by atoms with E-state index in [4.69, 9.17) is 4.74 Å².